The van der Waals surface area contributed by atoms with Gasteiger partial charge in [0.25, 0.3) is 0 Å². The van der Waals surface area contributed by atoms with Crippen LogP contribution in [0.3, 0.4) is 0 Å². The molecule has 1 saturated carbocycles. The van der Waals surface area contributed by atoms with Crippen LogP contribution in [0.5, 0.6) is 0 Å². The Morgan fingerprint density at radius 2 is 2.00 bits per heavy atom. The van der Waals surface area contributed by atoms with E-state index in [9.17, 15) is 4.79 Å². The Kier molecular flexibility index (Phi) is 2.11. The topological polar surface area (TPSA) is 46.3 Å². The van der Waals surface area contributed by atoms with Crippen molar-refractivity contribution < 1.29 is 4.79 Å². The van der Waals surface area contributed by atoms with Crippen LogP contribution in [0.15, 0.2) is 0 Å². The lowest BCUT2D eigenvalue weighted by atomic mass is 9.80. The van der Waals surface area contributed by atoms with Crippen molar-refractivity contribution >= 4 is 5.91 Å². The fraction of sp³-hybridized carbons (Fsp3) is 0.909. The predicted octanol–water partition coefficient (Wildman–Crippen LogP) is 0.981. The third-order valence-electron chi connectivity index (χ3n) is 3.29. The van der Waals surface area contributed by atoms with E-state index in [0.29, 0.717) is 6.04 Å². The first-order chi connectivity index (χ1) is 6.41. The molecule has 2 fully saturated rings. The van der Waals surface area contributed by atoms with Gasteiger partial charge >= 0.3 is 0 Å². The van der Waals surface area contributed by atoms with E-state index in [1.165, 1.54) is 12.8 Å². The minimum absolute atomic E-state index is 0.150. The molecule has 2 aliphatic rings. The van der Waals surface area contributed by atoms with Crippen molar-refractivity contribution in [3.8, 4) is 0 Å². The minimum atomic E-state index is -0.224. The molecular weight excluding hydrogens is 176 g/mol. The molecule has 1 aliphatic carbocycles. The number of hydrogen-bond acceptors (Lipinski definition) is 2. The molecule has 2 atom stereocenters. The van der Waals surface area contributed by atoms with Crippen LogP contribution in [-0.4, -0.2) is 29.4 Å². The number of β-lactam (4-membered cyclic amide) rings is 1. The fourth-order valence-corrected chi connectivity index (χ4v) is 2.57. The van der Waals surface area contributed by atoms with Crippen LogP contribution >= 0.6 is 0 Å². The van der Waals surface area contributed by atoms with E-state index >= 15 is 0 Å². The summed E-state index contributed by atoms with van der Waals surface area (Å²) in [5.74, 6) is 0.878. The van der Waals surface area contributed by atoms with Gasteiger partial charge in [0, 0.05) is 12.6 Å². The van der Waals surface area contributed by atoms with Gasteiger partial charge in [-0.15, -0.1) is 0 Å². The first-order valence-corrected chi connectivity index (χ1v) is 5.47. The lowest BCUT2D eigenvalue weighted by Gasteiger charge is -2.48. The summed E-state index contributed by atoms with van der Waals surface area (Å²) in [6.07, 6.45) is 2.56. The number of likely N-dealkylation sites (tertiary alicyclic amines) is 1. The highest BCUT2D eigenvalue weighted by atomic mass is 16.2. The molecule has 0 aromatic carbocycles. The van der Waals surface area contributed by atoms with E-state index in [1.54, 1.807) is 0 Å². The van der Waals surface area contributed by atoms with Crippen molar-refractivity contribution in [3.63, 3.8) is 0 Å². The zero-order valence-corrected chi connectivity index (χ0v) is 9.29. The van der Waals surface area contributed by atoms with E-state index < -0.39 is 0 Å². The van der Waals surface area contributed by atoms with Crippen LogP contribution in [0.1, 0.15) is 33.6 Å². The smallest absolute Gasteiger partial charge is 0.241 e. The van der Waals surface area contributed by atoms with Crippen LogP contribution in [-0.2, 0) is 4.79 Å². The molecule has 14 heavy (non-hydrogen) atoms. The number of carbonyl (C=O) groups excluding carboxylic acids is 1. The van der Waals surface area contributed by atoms with E-state index in [4.69, 9.17) is 5.73 Å². The molecule has 1 amide bonds. The van der Waals surface area contributed by atoms with E-state index in [2.05, 4.69) is 20.8 Å². The molecule has 3 heteroatoms. The summed E-state index contributed by atoms with van der Waals surface area (Å²) < 4.78 is 0. The molecule has 0 bridgehead atoms. The summed E-state index contributed by atoms with van der Waals surface area (Å²) in [5, 5.41) is 0. The maximum atomic E-state index is 11.6. The normalized spacial score (nSPS) is 30.1. The Hall–Kier alpha value is -0.570. The highest BCUT2D eigenvalue weighted by Gasteiger charge is 2.49. The van der Waals surface area contributed by atoms with E-state index in [-0.39, 0.29) is 17.4 Å². The summed E-state index contributed by atoms with van der Waals surface area (Å²) in [6.45, 7) is 7.41. The van der Waals surface area contributed by atoms with E-state index in [0.717, 1.165) is 12.5 Å². The van der Waals surface area contributed by atoms with Gasteiger partial charge in [-0.1, -0.05) is 20.8 Å². The van der Waals surface area contributed by atoms with Gasteiger partial charge in [-0.25, -0.2) is 0 Å². The van der Waals surface area contributed by atoms with Gasteiger partial charge < -0.3 is 10.6 Å². The third kappa shape index (κ3) is 1.54. The number of rotatable bonds is 2. The van der Waals surface area contributed by atoms with Crippen LogP contribution in [0.4, 0.5) is 0 Å². The lowest BCUT2D eigenvalue weighted by Crippen LogP contribution is -2.66. The van der Waals surface area contributed by atoms with Gasteiger partial charge in [-0.05, 0) is 24.2 Å². The molecule has 0 aromatic heterocycles. The quantitative estimate of drug-likeness (QED) is 0.669. The van der Waals surface area contributed by atoms with Crippen molar-refractivity contribution in [1.82, 2.24) is 4.90 Å². The molecule has 1 heterocycles. The van der Waals surface area contributed by atoms with Crippen molar-refractivity contribution in [1.29, 1.82) is 0 Å². The molecule has 0 aromatic rings. The fourth-order valence-electron chi connectivity index (χ4n) is 2.57. The first-order valence-electron chi connectivity index (χ1n) is 5.47. The summed E-state index contributed by atoms with van der Waals surface area (Å²) in [7, 11) is 0. The number of amides is 1. The van der Waals surface area contributed by atoms with Crippen LogP contribution in [0.2, 0.25) is 0 Å². The van der Waals surface area contributed by atoms with Gasteiger partial charge in [0.2, 0.25) is 5.91 Å². The molecule has 2 unspecified atom stereocenters. The largest absolute Gasteiger partial charge is 0.335 e. The second kappa shape index (κ2) is 2.96. The first kappa shape index (κ1) is 9.97. The molecule has 0 spiro atoms. The van der Waals surface area contributed by atoms with Crippen molar-refractivity contribution in [2.45, 2.75) is 45.7 Å². The summed E-state index contributed by atoms with van der Waals surface area (Å²) in [5.41, 5.74) is 5.81. The molecular formula is C11H20N2O. The number of nitrogens with two attached hydrogens (primary N) is 1. The lowest BCUT2D eigenvalue weighted by molar-refractivity contribution is -0.150. The van der Waals surface area contributed by atoms with Gasteiger partial charge in [0.1, 0.15) is 6.04 Å². The average molecular weight is 196 g/mol. The molecule has 3 nitrogen and oxygen atoms in total. The zero-order chi connectivity index (χ0) is 10.5. The second-order valence-electron chi connectivity index (χ2n) is 5.75. The van der Waals surface area contributed by atoms with Crippen LogP contribution in [0, 0.1) is 11.3 Å². The highest BCUT2D eigenvalue weighted by molar-refractivity contribution is 5.88. The Labute approximate surface area is 85.6 Å². The maximum Gasteiger partial charge on any atom is 0.241 e. The number of carbonyl (C=O) groups is 1. The Balaban J connectivity index is 2.08. The minimum Gasteiger partial charge on any atom is -0.335 e. The average Bonchev–Trinajstić information content (AvgIpc) is 2.85. The molecule has 1 aliphatic heterocycles. The molecule has 80 valence electrons. The number of hydrogen-bond donors (Lipinski definition) is 1. The summed E-state index contributed by atoms with van der Waals surface area (Å²) in [6, 6.07) is 0.188. The maximum absolute atomic E-state index is 11.6. The second-order valence-corrected chi connectivity index (χ2v) is 5.75. The zero-order valence-electron chi connectivity index (χ0n) is 9.29. The van der Waals surface area contributed by atoms with Crippen molar-refractivity contribution in [2.75, 3.05) is 6.54 Å². The number of nitrogens with zero attached hydrogens (tertiary/aromatic N) is 1. The Morgan fingerprint density at radius 1 is 1.43 bits per heavy atom. The SMILES string of the molecule is CC(C)(C)C(C1CC1)N1CC(N)C1=O. The highest BCUT2D eigenvalue weighted by Crippen LogP contribution is 2.44. The Morgan fingerprint density at radius 3 is 2.29 bits per heavy atom. The molecule has 1 saturated heterocycles. The van der Waals surface area contributed by atoms with Gasteiger partial charge in [0.05, 0.1) is 0 Å². The monoisotopic (exact) mass is 196 g/mol. The van der Waals surface area contributed by atoms with Crippen LogP contribution < -0.4 is 5.73 Å². The summed E-state index contributed by atoms with van der Waals surface area (Å²) in [4.78, 5) is 13.6. The van der Waals surface area contributed by atoms with Crippen LogP contribution in [0.25, 0.3) is 0 Å². The molecule has 2 N–H and O–H groups in total. The molecule has 0 radical (unpaired) electrons. The standard InChI is InChI=1S/C11H20N2O/c1-11(2,3)9(7-4-5-7)13-6-8(12)10(13)14/h7-9H,4-6,12H2,1-3H3. The predicted molar refractivity (Wildman–Crippen MR) is 55.7 cm³/mol. The molecule has 2 rings (SSSR count). The Bertz CT molecular complexity index is 253. The van der Waals surface area contributed by atoms with Gasteiger partial charge in [-0.3, -0.25) is 4.79 Å². The van der Waals surface area contributed by atoms with Crippen molar-refractivity contribution in [3.05, 3.63) is 0 Å². The summed E-state index contributed by atoms with van der Waals surface area (Å²) >= 11 is 0. The van der Waals surface area contributed by atoms with Gasteiger partial charge in [-0.2, -0.15) is 0 Å². The third-order valence-corrected chi connectivity index (χ3v) is 3.29. The van der Waals surface area contributed by atoms with Gasteiger partial charge in [0.15, 0.2) is 0 Å². The van der Waals surface area contributed by atoms with E-state index in [1.807, 2.05) is 4.90 Å². The van der Waals surface area contributed by atoms with Crippen molar-refractivity contribution in [2.24, 2.45) is 17.1 Å².